The Balaban J connectivity index is 3.42. The average Bonchev–Trinajstić information content (AvgIpc) is 2.81. The van der Waals surface area contributed by atoms with Gasteiger partial charge in [-0.25, -0.2) is 4.79 Å². The third-order valence-electron chi connectivity index (χ3n) is 5.73. The maximum absolute atomic E-state index is 13.9. The van der Waals surface area contributed by atoms with E-state index in [0.717, 1.165) is 37.7 Å². The largest absolute Gasteiger partial charge is 0.444 e. The quantitative estimate of drug-likeness (QED) is 0.280. The Labute approximate surface area is 229 Å². The van der Waals surface area contributed by atoms with Crippen LogP contribution in [0.4, 0.5) is 4.79 Å². The number of rotatable bonds is 14. The summed E-state index contributed by atoms with van der Waals surface area (Å²) in [5.74, 6) is -0.892. The van der Waals surface area contributed by atoms with Gasteiger partial charge in [0.1, 0.15) is 17.7 Å². The Morgan fingerprint density at radius 3 is 2.24 bits per heavy atom. The second-order valence-corrected chi connectivity index (χ2v) is 11.7. The molecule has 1 aromatic carbocycles. The van der Waals surface area contributed by atoms with Crippen molar-refractivity contribution in [3.8, 4) is 0 Å². The smallest absolute Gasteiger partial charge is 0.408 e. The van der Waals surface area contributed by atoms with Gasteiger partial charge < -0.3 is 25.4 Å². The van der Waals surface area contributed by atoms with E-state index in [9.17, 15) is 19.5 Å². The number of unbranched alkanes of at least 4 members (excludes halogenated alkanes) is 5. The van der Waals surface area contributed by atoms with E-state index in [1.807, 2.05) is 39.0 Å². The molecule has 2 atom stereocenters. The molecule has 0 fully saturated rings. The van der Waals surface area contributed by atoms with Crippen LogP contribution in [-0.2, 0) is 14.3 Å². The molecule has 0 aliphatic rings. The molecule has 2 unspecified atom stereocenters. The molecule has 1 aromatic rings. The zero-order chi connectivity index (χ0) is 28.9. The number of benzene rings is 1. The molecule has 3 N–H and O–H groups in total. The van der Waals surface area contributed by atoms with Crippen LogP contribution >= 0.6 is 0 Å². The molecular weight excluding hydrogens is 482 g/mol. The van der Waals surface area contributed by atoms with Gasteiger partial charge in [0, 0.05) is 12.1 Å². The molecule has 0 bridgehead atoms. The van der Waals surface area contributed by atoms with Crippen molar-refractivity contribution < 1.29 is 24.2 Å². The summed E-state index contributed by atoms with van der Waals surface area (Å²) in [6.07, 6.45) is 6.87. The first-order valence-electron chi connectivity index (χ1n) is 13.7. The Hall–Kier alpha value is -2.87. The van der Waals surface area contributed by atoms with Crippen molar-refractivity contribution in [2.75, 3.05) is 13.2 Å². The third-order valence-corrected chi connectivity index (χ3v) is 5.73. The Morgan fingerprint density at radius 1 is 1.05 bits per heavy atom. The standard InChI is InChI=1S/C30H49N3O5/c1-9-11-12-13-14-15-19-33(27(36)24(21-34)31-28(37)38-30(6,7)8)25(26(35)32-29(3,4)5)23-18-16-17-22(10-2)20-23/h10,16-18,20,24-25,34H,2,9,11-15,19,21H2,1,3-8H3,(H,31,37)(H,32,35). The lowest BCUT2D eigenvalue weighted by Crippen LogP contribution is -2.55. The Morgan fingerprint density at radius 2 is 1.68 bits per heavy atom. The summed E-state index contributed by atoms with van der Waals surface area (Å²) in [7, 11) is 0. The van der Waals surface area contributed by atoms with E-state index < -0.39 is 41.8 Å². The van der Waals surface area contributed by atoms with Crippen molar-refractivity contribution in [1.82, 2.24) is 15.5 Å². The lowest BCUT2D eigenvalue weighted by atomic mass is 9.98. The fourth-order valence-electron chi connectivity index (χ4n) is 4.03. The monoisotopic (exact) mass is 531 g/mol. The molecule has 0 spiro atoms. The summed E-state index contributed by atoms with van der Waals surface area (Å²) in [5, 5.41) is 15.6. The number of amides is 3. The van der Waals surface area contributed by atoms with E-state index in [1.54, 1.807) is 32.9 Å². The maximum atomic E-state index is 13.9. The number of hydrogen-bond acceptors (Lipinski definition) is 5. The molecule has 214 valence electrons. The van der Waals surface area contributed by atoms with E-state index >= 15 is 0 Å². The highest BCUT2D eigenvalue weighted by Gasteiger charge is 2.37. The summed E-state index contributed by atoms with van der Waals surface area (Å²) in [4.78, 5) is 41.5. The predicted octanol–water partition coefficient (Wildman–Crippen LogP) is 5.36. The normalized spacial score (nSPS) is 13.3. The van der Waals surface area contributed by atoms with Gasteiger partial charge in [-0.3, -0.25) is 9.59 Å². The molecule has 3 amide bonds. The van der Waals surface area contributed by atoms with Crippen molar-refractivity contribution in [3.63, 3.8) is 0 Å². The molecular formula is C30H49N3O5. The number of carbonyl (C=O) groups excluding carboxylic acids is 3. The van der Waals surface area contributed by atoms with Crippen molar-refractivity contribution in [2.24, 2.45) is 0 Å². The van der Waals surface area contributed by atoms with E-state index in [-0.39, 0.29) is 12.5 Å². The van der Waals surface area contributed by atoms with Gasteiger partial charge in [-0.2, -0.15) is 0 Å². The summed E-state index contributed by atoms with van der Waals surface area (Å²) >= 11 is 0. The summed E-state index contributed by atoms with van der Waals surface area (Å²) in [5.41, 5.74) is 0.128. The van der Waals surface area contributed by atoms with E-state index in [4.69, 9.17) is 4.74 Å². The molecule has 0 heterocycles. The lowest BCUT2D eigenvalue weighted by Gasteiger charge is -2.36. The molecule has 0 aliphatic carbocycles. The van der Waals surface area contributed by atoms with Crippen molar-refractivity contribution in [3.05, 3.63) is 42.0 Å². The van der Waals surface area contributed by atoms with Gasteiger partial charge >= 0.3 is 6.09 Å². The minimum atomic E-state index is -1.27. The maximum Gasteiger partial charge on any atom is 0.408 e. The van der Waals surface area contributed by atoms with Gasteiger partial charge in [0.15, 0.2) is 0 Å². The molecule has 0 saturated heterocycles. The first kappa shape index (κ1) is 33.2. The lowest BCUT2D eigenvalue weighted by molar-refractivity contribution is -0.144. The first-order valence-corrected chi connectivity index (χ1v) is 13.7. The van der Waals surface area contributed by atoms with Gasteiger partial charge in [-0.05, 0) is 65.2 Å². The molecule has 38 heavy (non-hydrogen) atoms. The number of nitrogens with zero attached hydrogens (tertiary/aromatic N) is 1. The van der Waals surface area contributed by atoms with Crippen molar-refractivity contribution in [1.29, 1.82) is 0 Å². The minimum Gasteiger partial charge on any atom is -0.444 e. The molecule has 1 rings (SSSR count). The van der Waals surface area contributed by atoms with Crippen LogP contribution in [0.1, 0.15) is 104 Å². The highest BCUT2D eigenvalue weighted by molar-refractivity contribution is 5.92. The first-order chi connectivity index (χ1) is 17.7. The van der Waals surface area contributed by atoms with Crippen molar-refractivity contribution >= 4 is 24.0 Å². The highest BCUT2D eigenvalue weighted by atomic mass is 16.6. The molecule has 0 radical (unpaired) electrons. The summed E-state index contributed by atoms with van der Waals surface area (Å²) in [6, 6.07) is 5.09. The highest BCUT2D eigenvalue weighted by Crippen LogP contribution is 2.26. The van der Waals surface area contributed by atoms with Gasteiger partial charge in [0.2, 0.25) is 11.8 Å². The van der Waals surface area contributed by atoms with Gasteiger partial charge in [-0.15, -0.1) is 0 Å². The number of hydrogen-bond donors (Lipinski definition) is 3. The Kier molecular flexibility index (Phi) is 13.5. The fraction of sp³-hybridized carbons (Fsp3) is 0.633. The number of aliphatic hydroxyl groups excluding tert-OH is 1. The number of carbonyl (C=O) groups is 3. The number of ether oxygens (including phenoxy) is 1. The number of nitrogens with one attached hydrogen (secondary N) is 2. The van der Waals surface area contributed by atoms with E-state index in [0.29, 0.717) is 12.0 Å². The van der Waals surface area contributed by atoms with Crippen LogP contribution < -0.4 is 10.6 Å². The molecule has 0 saturated carbocycles. The second kappa shape index (κ2) is 15.5. The fourth-order valence-corrected chi connectivity index (χ4v) is 4.03. The summed E-state index contributed by atoms with van der Waals surface area (Å²) < 4.78 is 5.30. The number of alkyl carbamates (subject to hydrolysis) is 1. The Bertz CT molecular complexity index is 917. The van der Waals surface area contributed by atoms with E-state index in [2.05, 4.69) is 24.1 Å². The van der Waals surface area contributed by atoms with Crippen LogP contribution in [0, 0.1) is 0 Å². The van der Waals surface area contributed by atoms with Gasteiger partial charge in [0.05, 0.1) is 6.61 Å². The third kappa shape index (κ3) is 12.1. The van der Waals surface area contributed by atoms with Crippen molar-refractivity contribution in [2.45, 2.75) is 110 Å². The zero-order valence-corrected chi connectivity index (χ0v) is 24.4. The average molecular weight is 532 g/mol. The molecule has 8 heteroatoms. The number of aliphatic hydroxyl groups is 1. The topological polar surface area (TPSA) is 108 Å². The SMILES string of the molecule is C=Cc1cccc(C(C(=O)NC(C)(C)C)N(CCCCCCCC)C(=O)C(CO)NC(=O)OC(C)(C)C)c1. The minimum absolute atomic E-state index is 0.290. The molecule has 0 aliphatic heterocycles. The van der Waals surface area contributed by atoms with Gasteiger partial charge in [-0.1, -0.05) is 69.9 Å². The summed E-state index contributed by atoms with van der Waals surface area (Å²) in [6.45, 7) is 16.4. The van der Waals surface area contributed by atoms with E-state index in [1.165, 1.54) is 4.90 Å². The molecule has 0 aromatic heterocycles. The van der Waals surface area contributed by atoms with Gasteiger partial charge in [0.25, 0.3) is 0 Å². The zero-order valence-electron chi connectivity index (χ0n) is 24.4. The predicted molar refractivity (Wildman–Crippen MR) is 153 cm³/mol. The van der Waals surface area contributed by atoms with Crippen LogP contribution in [0.15, 0.2) is 30.8 Å². The second-order valence-electron chi connectivity index (χ2n) is 11.7. The molecule has 8 nitrogen and oxygen atoms in total. The van der Waals surface area contributed by atoms with Crippen LogP contribution in [0.3, 0.4) is 0 Å². The van der Waals surface area contributed by atoms with Crippen LogP contribution in [0.2, 0.25) is 0 Å². The van der Waals surface area contributed by atoms with Crippen LogP contribution in [0.5, 0.6) is 0 Å². The van der Waals surface area contributed by atoms with Crippen LogP contribution in [-0.4, -0.2) is 58.2 Å². The van der Waals surface area contributed by atoms with Crippen LogP contribution in [0.25, 0.3) is 6.08 Å².